The molecule has 0 fully saturated rings. The van der Waals surface area contributed by atoms with Gasteiger partial charge in [-0.1, -0.05) is 13.5 Å². The van der Waals surface area contributed by atoms with Crippen molar-refractivity contribution in [2.75, 3.05) is 20.3 Å². The van der Waals surface area contributed by atoms with Gasteiger partial charge in [-0.2, -0.15) is 0 Å². The van der Waals surface area contributed by atoms with Crippen LogP contribution in [0.5, 0.6) is 11.5 Å². The van der Waals surface area contributed by atoms with Gasteiger partial charge in [0.05, 0.1) is 25.5 Å². The molecule has 0 aliphatic carbocycles. The molecular weight excluding hydrogens is 418 g/mol. The van der Waals surface area contributed by atoms with Crippen molar-refractivity contribution >= 4 is 11.6 Å². The fourth-order valence-corrected chi connectivity index (χ4v) is 3.63. The maximum absolute atomic E-state index is 9.62. The van der Waals surface area contributed by atoms with Crippen LogP contribution < -0.4 is 9.47 Å². The third kappa shape index (κ3) is 6.83. The van der Waals surface area contributed by atoms with E-state index in [4.69, 9.17) is 19.3 Å². The summed E-state index contributed by atoms with van der Waals surface area (Å²) in [6.45, 7) is 15.9. The first kappa shape index (κ1) is 26.4. The predicted molar refractivity (Wildman–Crippen MR) is 133 cm³/mol. The van der Waals surface area contributed by atoms with Crippen LogP contribution in [-0.4, -0.2) is 48.6 Å². The van der Waals surface area contributed by atoms with Crippen molar-refractivity contribution in [1.82, 2.24) is 0 Å². The van der Waals surface area contributed by atoms with E-state index < -0.39 is 6.10 Å². The number of aliphatic imine (C=N–C) groups is 1. The van der Waals surface area contributed by atoms with Gasteiger partial charge in [-0.05, 0) is 87.6 Å². The predicted octanol–water partition coefficient (Wildman–Crippen LogP) is 4.76. The molecule has 6 heteroatoms. The maximum Gasteiger partial charge on any atom is 0.221 e. The van der Waals surface area contributed by atoms with Gasteiger partial charge in [0.2, 0.25) is 5.90 Å². The zero-order valence-electron chi connectivity index (χ0n) is 20.9. The van der Waals surface area contributed by atoms with Crippen LogP contribution in [0.1, 0.15) is 54.2 Å². The molecule has 0 radical (unpaired) electrons. The second-order valence-electron chi connectivity index (χ2n) is 8.46. The highest BCUT2D eigenvalue weighted by atomic mass is 16.5. The fraction of sp³-hybridized carbons (Fsp3) is 0.444. The molecule has 6 nitrogen and oxygen atoms in total. The van der Waals surface area contributed by atoms with Gasteiger partial charge in [0.1, 0.15) is 24.2 Å². The Balaban J connectivity index is 2.38. The summed E-state index contributed by atoms with van der Waals surface area (Å²) in [7, 11) is 1.60. The number of aliphatic hydroxyl groups excluding tert-OH is 2. The van der Waals surface area contributed by atoms with Gasteiger partial charge < -0.3 is 24.4 Å². The summed E-state index contributed by atoms with van der Waals surface area (Å²) < 4.78 is 17.3. The van der Waals surface area contributed by atoms with E-state index in [1.807, 2.05) is 65.8 Å². The van der Waals surface area contributed by atoms with Crippen LogP contribution in [-0.2, 0) is 11.2 Å². The Bertz CT molecular complexity index is 987. The lowest BCUT2D eigenvalue weighted by atomic mass is 10.0. The smallest absolute Gasteiger partial charge is 0.221 e. The summed E-state index contributed by atoms with van der Waals surface area (Å²) in [5, 5.41) is 18.7. The van der Waals surface area contributed by atoms with E-state index in [1.165, 1.54) is 0 Å². The van der Waals surface area contributed by atoms with Gasteiger partial charge in [0.25, 0.3) is 0 Å². The Hall–Kier alpha value is -2.83. The Morgan fingerprint density at radius 1 is 1.00 bits per heavy atom. The highest BCUT2D eigenvalue weighted by molar-refractivity contribution is 5.98. The third-order valence-electron chi connectivity index (χ3n) is 5.19. The minimum absolute atomic E-state index is 0.0336. The highest BCUT2D eigenvalue weighted by Crippen LogP contribution is 2.30. The van der Waals surface area contributed by atoms with Crippen LogP contribution in [0.2, 0.25) is 0 Å². The molecule has 1 atom stereocenters. The zero-order chi connectivity index (χ0) is 24.7. The van der Waals surface area contributed by atoms with Gasteiger partial charge in [-0.15, -0.1) is 0 Å². The largest absolute Gasteiger partial charge is 0.490 e. The van der Waals surface area contributed by atoms with E-state index in [-0.39, 0.29) is 19.3 Å². The molecule has 2 aromatic rings. The molecule has 2 N–H and O–H groups in total. The number of aryl methyl sites for hydroxylation is 4. The van der Waals surface area contributed by atoms with Gasteiger partial charge in [0, 0.05) is 11.1 Å². The molecule has 0 saturated heterocycles. The molecule has 180 valence electrons. The second kappa shape index (κ2) is 11.9. The Morgan fingerprint density at radius 2 is 1.58 bits per heavy atom. The number of hydrogen-bond donors (Lipinski definition) is 2. The highest BCUT2D eigenvalue weighted by Gasteiger charge is 2.15. The maximum atomic E-state index is 9.62. The number of hydrogen-bond acceptors (Lipinski definition) is 6. The molecule has 0 saturated carbocycles. The molecule has 33 heavy (non-hydrogen) atoms. The normalized spacial score (nSPS) is 12.6. The van der Waals surface area contributed by atoms with Crippen molar-refractivity contribution in [3.05, 3.63) is 64.2 Å². The summed E-state index contributed by atoms with van der Waals surface area (Å²) in [5.74, 6) is 2.07. The molecule has 0 bridgehead atoms. The van der Waals surface area contributed by atoms with E-state index >= 15 is 0 Å². The molecule has 0 amide bonds. The molecule has 0 heterocycles. The average Bonchev–Trinajstić information content (AvgIpc) is 2.77. The molecule has 0 aliphatic rings. The molecule has 1 unspecified atom stereocenters. The quantitative estimate of drug-likeness (QED) is 0.399. The SMILES string of the molecule is C=C(N=C(OC)c1cc(C)c(OC(C)C)c(C)c1)c1cc(C)c(OCC(O)CO)c(CC)c1. The van der Waals surface area contributed by atoms with Gasteiger partial charge in [0.15, 0.2) is 0 Å². The average molecular weight is 456 g/mol. The topological polar surface area (TPSA) is 80.5 Å². The monoisotopic (exact) mass is 455 g/mol. The Kier molecular flexibility index (Phi) is 9.50. The van der Waals surface area contributed by atoms with Crippen molar-refractivity contribution in [2.45, 2.75) is 60.2 Å². The van der Waals surface area contributed by atoms with Gasteiger partial charge in [-0.25, -0.2) is 4.99 Å². The van der Waals surface area contributed by atoms with Gasteiger partial charge >= 0.3 is 0 Å². The van der Waals surface area contributed by atoms with Crippen LogP contribution in [0.15, 0.2) is 35.8 Å². The summed E-state index contributed by atoms with van der Waals surface area (Å²) in [5.41, 5.74) is 6.22. The standard InChI is InChI=1S/C27H37NO5/c1-9-21-13-22(10-19(6)26(21)32-15-24(30)14-29)20(7)28-27(31-8)23-11-17(4)25(18(5)12-23)33-16(2)3/h10-13,16,24,29-30H,7,9,14-15H2,1-6,8H3. The summed E-state index contributed by atoms with van der Waals surface area (Å²) in [6, 6.07) is 7.96. The fourth-order valence-electron chi connectivity index (χ4n) is 3.63. The molecule has 2 aromatic carbocycles. The van der Waals surface area contributed by atoms with Crippen molar-refractivity contribution in [2.24, 2.45) is 4.99 Å². The summed E-state index contributed by atoms with van der Waals surface area (Å²) >= 11 is 0. The van der Waals surface area contributed by atoms with Crippen molar-refractivity contribution in [3.8, 4) is 11.5 Å². The lowest BCUT2D eigenvalue weighted by molar-refractivity contribution is 0.0531. The third-order valence-corrected chi connectivity index (χ3v) is 5.19. The number of methoxy groups -OCH3 is 1. The molecule has 0 spiro atoms. The van der Waals surface area contributed by atoms with E-state index in [1.54, 1.807) is 7.11 Å². The lowest BCUT2D eigenvalue weighted by Crippen LogP contribution is -2.22. The summed E-state index contributed by atoms with van der Waals surface area (Å²) in [6.07, 6.45) is -0.0800. The Morgan fingerprint density at radius 3 is 2.09 bits per heavy atom. The number of ether oxygens (including phenoxy) is 3. The van der Waals surface area contributed by atoms with Crippen LogP contribution in [0.3, 0.4) is 0 Å². The van der Waals surface area contributed by atoms with Crippen LogP contribution in [0, 0.1) is 20.8 Å². The molecule has 0 aliphatic heterocycles. The number of aliphatic hydroxyl groups is 2. The second-order valence-corrected chi connectivity index (χ2v) is 8.46. The first-order chi connectivity index (χ1) is 15.6. The number of nitrogens with zero attached hydrogens (tertiary/aromatic N) is 1. The number of rotatable bonds is 10. The van der Waals surface area contributed by atoms with Crippen molar-refractivity contribution < 1.29 is 24.4 Å². The van der Waals surface area contributed by atoms with E-state index in [0.29, 0.717) is 17.3 Å². The Labute approximate surface area is 197 Å². The van der Waals surface area contributed by atoms with E-state index in [2.05, 4.69) is 11.6 Å². The zero-order valence-corrected chi connectivity index (χ0v) is 20.9. The van der Waals surface area contributed by atoms with Gasteiger partial charge in [-0.3, -0.25) is 0 Å². The number of benzene rings is 2. The van der Waals surface area contributed by atoms with Crippen molar-refractivity contribution in [1.29, 1.82) is 0 Å². The van der Waals surface area contributed by atoms with Crippen LogP contribution in [0.25, 0.3) is 5.70 Å². The van der Waals surface area contributed by atoms with E-state index in [0.717, 1.165) is 45.6 Å². The summed E-state index contributed by atoms with van der Waals surface area (Å²) in [4.78, 5) is 4.69. The minimum Gasteiger partial charge on any atom is -0.490 e. The first-order valence-electron chi connectivity index (χ1n) is 11.3. The lowest BCUT2D eigenvalue weighted by Gasteiger charge is -2.18. The van der Waals surface area contributed by atoms with Crippen LogP contribution >= 0.6 is 0 Å². The first-order valence-corrected chi connectivity index (χ1v) is 11.3. The minimum atomic E-state index is -0.915. The molecule has 0 aromatic heterocycles. The van der Waals surface area contributed by atoms with Crippen LogP contribution in [0.4, 0.5) is 0 Å². The molecule has 2 rings (SSSR count). The van der Waals surface area contributed by atoms with E-state index in [9.17, 15) is 5.11 Å². The molecular formula is C27H37NO5. The van der Waals surface area contributed by atoms with Crippen molar-refractivity contribution in [3.63, 3.8) is 0 Å².